The van der Waals surface area contributed by atoms with Gasteiger partial charge in [0.05, 0.1) is 13.4 Å². The van der Waals surface area contributed by atoms with Gasteiger partial charge in [-0.1, -0.05) is 60.4 Å². The molecule has 0 bridgehead atoms. The van der Waals surface area contributed by atoms with Crippen LogP contribution in [0, 0.1) is 11.8 Å². The third-order valence-electron chi connectivity index (χ3n) is 3.92. The van der Waals surface area contributed by atoms with Crippen LogP contribution in [0.25, 0.3) is 10.8 Å². The standard InChI is InChI=1S/C23H20O/c1-24-16-8-15-23-18-21-13-6-5-12-20(21)17-22(23)14-7-11-19-9-3-2-4-10-19/h2-6,8-10,12-13,16-18H,14-15H2,1H3. The lowest BCUT2D eigenvalue weighted by Crippen LogP contribution is -1.93. The second-order valence-electron chi connectivity index (χ2n) is 5.62. The first-order valence-corrected chi connectivity index (χ1v) is 8.09. The Balaban J connectivity index is 1.90. The zero-order chi connectivity index (χ0) is 16.6. The minimum atomic E-state index is 0.746. The predicted molar refractivity (Wildman–Crippen MR) is 101 cm³/mol. The summed E-state index contributed by atoms with van der Waals surface area (Å²) in [7, 11) is 1.67. The normalized spacial score (nSPS) is 10.5. The lowest BCUT2D eigenvalue weighted by atomic mass is 9.97. The molecule has 0 amide bonds. The van der Waals surface area contributed by atoms with Gasteiger partial charge in [0, 0.05) is 12.0 Å². The highest BCUT2D eigenvalue weighted by Crippen LogP contribution is 2.21. The molecule has 0 aliphatic heterocycles. The second-order valence-corrected chi connectivity index (χ2v) is 5.62. The van der Waals surface area contributed by atoms with E-state index in [4.69, 9.17) is 4.74 Å². The molecule has 1 heteroatoms. The summed E-state index contributed by atoms with van der Waals surface area (Å²) >= 11 is 0. The third kappa shape index (κ3) is 4.06. The van der Waals surface area contributed by atoms with Crippen molar-refractivity contribution in [1.29, 1.82) is 0 Å². The summed E-state index contributed by atoms with van der Waals surface area (Å²) in [6.07, 6.45) is 5.36. The average Bonchev–Trinajstić information content (AvgIpc) is 2.63. The van der Waals surface area contributed by atoms with Crippen molar-refractivity contribution in [1.82, 2.24) is 0 Å². The molecule has 3 aromatic rings. The zero-order valence-electron chi connectivity index (χ0n) is 13.8. The number of fused-ring (bicyclic) bond motifs is 1. The Hall–Kier alpha value is -2.98. The van der Waals surface area contributed by atoms with Gasteiger partial charge in [-0.25, -0.2) is 0 Å². The second kappa shape index (κ2) is 8.04. The highest BCUT2D eigenvalue weighted by molar-refractivity contribution is 5.84. The van der Waals surface area contributed by atoms with Crippen molar-refractivity contribution < 1.29 is 4.74 Å². The molecule has 3 rings (SSSR count). The summed E-state index contributed by atoms with van der Waals surface area (Å²) in [6, 6.07) is 23.1. The molecule has 0 aromatic heterocycles. The molecule has 0 aliphatic rings. The van der Waals surface area contributed by atoms with Crippen LogP contribution in [-0.4, -0.2) is 7.11 Å². The summed E-state index contributed by atoms with van der Waals surface area (Å²) < 4.78 is 5.02. The Morgan fingerprint density at radius 3 is 2.25 bits per heavy atom. The molecule has 0 fully saturated rings. The lowest BCUT2D eigenvalue weighted by Gasteiger charge is -2.08. The maximum Gasteiger partial charge on any atom is 0.0788 e. The van der Waals surface area contributed by atoms with E-state index in [0.717, 1.165) is 18.4 Å². The van der Waals surface area contributed by atoms with Crippen LogP contribution in [-0.2, 0) is 17.6 Å². The lowest BCUT2D eigenvalue weighted by molar-refractivity contribution is 0.337. The largest absolute Gasteiger partial charge is 0.505 e. The molecule has 0 aliphatic carbocycles. The molecule has 0 heterocycles. The van der Waals surface area contributed by atoms with Crippen LogP contribution in [0.15, 0.2) is 79.1 Å². The summed E-state index contributed by atoms with van der Waals surface area (Å²) in [5.74, 6) is 6.55. The van der Waals surface area contributed by atoms with Gasteiger partial charge in [0.2, 0.25) is 0 Å². The number of benzene rings is 3. The van der Waals surface area contributed by atoms with E-state index in [0.29, 0.717) is 0 Å². The Labute approximate surface area is 143 Å². The number of ether oxygens (including phenoxy) is 1. The third-order valence-corrected chi connectivity index (χ3v) is 3.92. The first-order chi connectivity index (χ1) is 11.9. The van der Waals surface area contributed by atoms with E-state index in [9.17, 15) is 0 Å². The van der Waals surface area contributed by atoms with Gasteiger partial charge in [0.15, 0.2) is 0 Å². The zero-order valence-corrected chi connectivity index (χ0v) is 13.8. The molecular formula is C23H20O. The quantitative estimate of drug-likeness (QED) is 0.479. The first kappa shape index (κ1) is 15.9. The number of methoxy groups -OCH3 is 1. The van der Waals surface area contributed by atoms with Crippen LogP contribution in [0.3, 0.4) is 0 Å². The van der Waals surface area contributed by atoms with E-state index in [1.54, 1.807) is 13.4 Å². The number of hydrogen-bond acceptors (Lipinski definition) is 1. The Bertz CT molecular complexity index is 895. The van der Waals surface area contributed by atoms with Crippen LogP contribution in [0.5, 0.6) is 0 Å². The van der Waals surface area contributed by atoms with Crippen molar-refractivity contribution in [3.8, 4) is 11.8 Å². The maximum absolute atomic E-state index is 5.02. The number of hydrogen-bond donors (Lipinski definition) is 0. The van der Waals surface area contributed by atoms with E-state index in [1.807, 2.05) is 36.4 Å². The van der Waals surface area contributed by atoms with Crippen molar-refractivity contribution in [3.63, 3.8) is 0 Å². The van der Waals surface area contributed by atoms with Crippen LogP contribution in [0.2, 0.25) is 0 Å². The molecule has 0 radical (unpaired) electrons. The first-order valence-electron chi connectivity index (χ1n) is 8.09. The molecule has 0 saturated carbocycles. The summed E-state index contributed by atoms with van der Waals surface area (Å²) in [4.78, 5) is 0. The molecule has 3 aromatic carbocycles. The molecule has 0 spiro atoms. The number of rotatable bonds is 4. The van der Waals surface area contributed by atoms with E-state index in [1.165, 1.54) is 21.9 Å². The summed E-state index contributed by atoms with van der Waals surface area (Å²) in [5, 5.41) is 2.52. The molecule has 1 nitrogen and oxygen atoms in total. The van der Waals surface area contributed by atoms with Crippen molar-refractivity contribution in [2.45, 2.75) is 12.8 Å². The SMILES string of the molecule is COC=CCc1cc2ccccc2cc1CC#Cc1ccccc1. The fraction of sp³-hybridized carbons (Fsp3) is 0.130. The fourth-order valence-electron chi connectivity index (χ4n) is 2.72. The fourth-order valence-corrected chi connectivity index (χ4v) is 2.72. The van der Waals surface area contributed by atoms with Gasteiger partial charge >= 0.3 is 0 Å². The molecular weight excluding hydrogens is 292 g/mol. The van der Waals surface area contributed by atoms with Gasteiger partial charge in [-0.15, -0.1) is 0 Å². The van der Waals surface area contributed by atoms with E-state index in [-0.39, 0.29) is 0 Å². The van der Waals surface area contributed by atoms with Crippen molar-refractivity contribution in [3.05, 3.63) is 95.8 Å². The topological polar surface area (TPSA) is 9.23 Å². The molecule has 0 N–H and O–H groups in total. The molecule has 118 valence electrons. The van der Waals surface area contributed by atoms with Gasteiger partial charge in [0.1, 0.15) is 0 Å². The molecule has 0 atom stereocenters. The van der Waals surface area contributed by atoms with E-state index >= 15 is 0 Å². The highest BCUT2D eigenvalue weighted by Gasteiger charge is 2.03. The van der Waals surface area contributed by atoms with Crippen LogP contribution in [0.4, 0.5) is 0 Å². The van der Waals surface area contributed by atoms with Crippen molar-refractivity contribution >= 4 is 10.8 Å². The van der Waals surface area contributed by atoms with Gasteiger partial charge < -0.3 is 4.74 Å². The van der Waals surface area contributed by atoms with E-state index in [2.05, 4.69) is 48.2 Å². The molecule has 0 saturated heterocycles. The molecule has 24 heavy (non-hydrogen) atoms. The smallest absolute Gasteiger partial charge is 0.0788 e. The Kier molecular flexibility index (Phi) is 5.32. The minimum Gasteiger partial charge on any atom is -0.505 e. The average molecular weight is 312 g/mol. The van der Waals surface area contributed by atoms with Crippen molar-refractivity contribution in [2.75, 3.05) is 7.11 Å². The van der Waals surface area contributed by atoms with Crippen LogP contribution >= 0.6 is 0 Å². The summed E-state index contributed by atoms with van der Waals surface area (Å²) in [6.45, 7) is 0. The number of allylic oxidation sites excluding steroid dienone is 1. The monoisotopic (exact) mass is 312 g/mol. The van der Waals surface area contributed by atoms with Gasteiger partial charge in [0.25, 0.3) is 0 Å². The van der Waals surface area contributed by atoms with Crippen LogP contribution < -0.4 is 0 Å². The van der Waals surface area contributed by atoms with Crippen molar-refractivity contribution in [2.24, 2.45) is 0 Å². The van der Waals surface area contributed by atoms with E-state index < -0.39 is 0 Å². The maximum atomic E-state index is 5.02. The summed E-state index contributed by atoms with van der Waals surface area (Å²) in [5.41, 5.74) is 3.63. The van der Waals surface area contributed by atoms with Gasteiger partial charge in [-0.3, -0.25) is 0 Å². The minimum absolute atomic E-state index is 0.746. The van der Waals surface area contributed by atoms with Crippen LogP contribution in [0.1, 0.15) is 16.7 Å². The highest BCUT2D eigenvalue weighted by atomic mass is 16.5. The Morgan fingerprint density at radius 1 is 0.875 bits per heavy atom. The molecule has 0 unspecified atom stereocenters. The van der Waals surface area contributed by atoms with Gasteiger partial charge in [-0.2, -0.15) is 0 Å². The van der Waals surface area contributed by atoms with Gasteiger partial charge in [-0.05, 0) is 52.6 Å². The predicted octanol–water partition coefficient (Wildman–Crippen LogP) is 5.14. The Morgan fingerprint density at radius 2 is 1.54 bits per heavy atom.